The summed E-state index contributed by atoms with van der Waals surface area (Å²) in [5.74, 6) is -0.396. The van der Waals surface area contributed by atoms with Crippen LogP contribution in [0.25, 0.3) is 11.8 Å². The highest BCUT2D eigenvalue weighted by molar-refractivity contribution is 9.10. The average molecular weight is 470 g/mol. The molecule has 4 nitrogen and oxygen atoms in total. The minimum Gasteiger partial charge on any atom is -0.317 e. The highest BCUT2D eigenvalue weighted by atomic mass is 79.9. The quantitative estimate of drug-likeness (QED) is 0.439. The molecule has 2 heterocycles. The first-order valence-electron chi connectivity index (χ1n) is 9.04. The Morgan fingerprint density at radius 3 is 2.52 bits per heavy atom. The molecule has 1 aliphatic heterocycles. The molecular formula is C22H17BrFN3OS. The van der Waals surface area contributed by atoms with Gasteiger partial charge in [0.1, 0.15) is 5.82 Å². The van der Waals surface area contributed by atoms with Crippen LogP contribution >= 0.6 is 27.7 Å². The van der Waals surface area contributed by atoms with Gasteiger partial charge in [0.15, 0.2) is 5.17 Å². The van der Waals surface area contributed by atoms with Gasteiger partial charge in [0.05, 0.1) is 10.6 Å². The van der Waals surface area contributed by atoms with Gasteiger partial charge < -0.3 is 4.57 Å². The molecule has 3 aromatic rings. The van der Waals surface area contributed by atoms with Crippen molar-refractivity contribution in [3.05, 3.63) is 87.7 Å². The molecule has 146 valence electrons. The number of hydrogen-bond acceptors (Lipinski definition) is 3. The molecule has 0 aliphatic carbocycles. The molecule has 0 unspecified atom stereocenters. The second kappa shape index (κ2) is 8.39. The van der Waals surface area contributed by atoms with Crippen molar-refractivity contribution in [1.29, 1.82) is 0 Å². The zero-order valence-electron chi connectivity index (χ0n) is 15.5. The van der Waals surface area contributed by atoms with E-state index in [2.05, 4.69) is 20.9 Å². The van der Waals surface area contributed by atoms with Gasteiger partial charge in [-0.2, -0.15) is 0 Å². The molecule has 0 N–H and O–H groups in total. The number of benzene rings is 2. The Morgan fingerprint density at radius 2 is 1.83 bits per heavy atom. The van der Waals surface area contributed by atoms with Crippen LogP contribution in [-0.4, -0.2) is 27.1 Å². The van der Waals surface area contributed by atoms with Crippen LogP contribution in [0.15, 0.2) is 81.2 Å². The first kappa shape index (κ1) is 19.7. The van der Waals surface area contributed by atoms with Crippen molar-refractivity contribution in [3.8, 4) is 5.69 Å². The molecule has 1 fully saturated rings. The molecular weight excluding hydrogens is 453 g/mol. The number of carbonyl (C=O) groups excluding carboxylic acids is 1. The second-order valence-electron chi connectivity index (χ2n) is 6.31. The molecule has 29 heavy (non-hydrogen) atoms. The molecule has 1 aliphatic rings. The van der Waals surface area contributed by atoms with Crippen LogP contribution in [0.5, 0.6) is 0 Å². The number of amides is 1. The maximum absolute atomic E-state index is 13.1. The van der Waals surface area contributed by atoms with E-state index in [9.17, 15) is 9.18 Å². The van der Waals surface area contributed by atoms with Crippen molar-refractivity contribution < 1.29 is 9.18 Å². The van der Waals surface area contributed by atoms with Gasteiger partial charge in [0, 0.05) is 28.6 Å². The number of aromatic nitrogens is 1. The van der Waals surface area contributed by atoms with E-state index in [0.29, 0.717) is 22.3 Å². The molecule has 0 bridgehead atoms. The van der Waals surface area contributed by atoms with Crippen LogP contribution in [0.4, 0.5) is 10.1 Å². The lowest BCUT2D eigenvalue weighted by molar-refractivity contribution is -0.122. The predicted octanol–water partition coefficient (Wildman–Crippen LogP) is 6.00. The molecule has 0 saturated carbocycles. The topological polar surface area (TPSA) is 37.6 Å². The normalized spacial score (nSPS) is 16.9. The average Bonchev–Trinajstić information content (AvgIpc) is 3.29. The third-order valence-corrected chi connectivity index (χ3v) is 5.96. The summed E-state index contributed by atoms with van der Waals surface area (Å²) in [5.41, 5.74) is 2.52. The van der Waals surface area contributed by atoms with Gasteiger partial charge in [-0.25, -0.2) is 9.38 Å². The Labute approximate surface area is 180 Å². The number of amidine groups is 1. The third kappa shape index (κ3) is 4.21. The van der Waals surface area contributed by atoms with E-state index in [0.717, 1.165) is 15.9 Å². The Morgan fingerprint density at radius 1 is 1.10 bits per heavy atom. The van der Waals surface area contributed by atoms with Gasteiger partial charge in [-0.05, 0) is 85.4 Å². The van der Waals surface area contributed by atoms with Crippen LogP contribution in [0.2, 0.25) is 0 Å². The Hall–Kier alpha value is -2.64. The van der Waals surface area contributed by atoms with Gasteiger partial charge in [-0.1, -0.05) is 15.9 Å². The largest absolute Gasteiger partial charge is 0.317 e. The molecule has 1 saturated heterocycles. The molecule has 1 aromatic heterocycles. The summed E-state index contributed by atoms with van der Waals surface area (Å²) in [6.07, 6.45) is 3.84. The fourth-order valence-corrected chi connectivity index (χ4v) is 4.29. The Kier molecular flexibility index (Phi) is 5.69. The first-order chi connectivity index (χ1) is 14.0. The number of halogens is 2. The van der Waals surface area contributed by atoms with Crippen molar-refractivity contribution >= 4 is 50.5 Å². The van der Waals surface area contributed by atoms with Gasteiger partial charge in [-0.3, -0.25) is 9.69 Å². The lowest BCUT2D eigenvalue weighted by atomic mass is 10.3. The van der Waals surface area contributed by atoms with E-state index >= 15 is 0 Å². The third-order valence-electron chi connectivity index (χ3n) is 4.42. The molecule has 0 atom stereocenters. The zero-order chi connectivity index (χ0) is 20.4. The number of thioether (sulfide) groups is 1. The summed E-state index contributed by atoms with van der Waals surface area (Å²) < 4.78 is 16.2. The highest BCUT2D eigenvalue weighted by Crippen LogP contribution is 2.34. The van der Waals surface area contributed by atoms with E-state index in [1.807, 2.05) is 60.2 Å². The molecule has 7 heteroatoms. The minimum absolute atomic E-state index is 0.0816. The van der Waals surface area contributed by atoms with Crippen molar-refractivity contribution in [2.45, 2.75) is 6.92 Å². The molecule has 1 amide bonds. The van der Waals surface area contributed by atoms with E-state index in [4.69, 9.17) is 0 Å². The van der Waals surface area contributed by atoms with E-state index in [-0.39, 0.29) is 11.7 Å². The van der Waals surface area contributed by atoms with E-state index in [1.165, 1.54) is 23.9 Å². The standard InChI is InChI=1S/C22H17BrFN3OS/c1-2-26-21(28)20(29-22(26)25-17-9-7-16(24)8-10-17)14-19-4-3-13-27(19)18-11-5-15(23)6-12-18/h3-14H,2H2,1H3/b20-14+,25-22?. The SMILES string of the molecule is CCN1C(=O)/C(=C\c2cccn2-c2ccc(Br)cc2)SC1=Nc1ccc(F)cc1. The van der Waals surface area contributed by atoms with Crippen molar-refractivity contribution in [1.82, 2.24) is 9.47 Å². The van der Waals surface area contributed by atoms with Gasteiger partial charge in [0.25, 0.3) is 5.91 Å². The lowest BCUT2D eigenvalue weighted by Gasteiger charge is -2.12. The summed E-state index contributed by atoms with van der Waals surface area (Å²) in [5, 5.41) is 0.595. The Balaban J connectivity index is 1.67. The predicted molar refractivity (Wildman–Crippen MR) is 120 cm³/mol. The maximum atomic E-state index is 13.1. The number of nitrogens with zero attached hydrogens (tertiary/aromatic N) is 3. The highest BCUT2D eigenvalue weighted by Gasteiger charge is 2.32. The minimum atomic E-state index is -0.314. The number of carbonyl (C=O) groups is 1. The van der Waals surface area contributed by atoms with E-state index < -0.39 is 0 Å². The number of aliphatic imine (C=N–C) groups is 1. The zero-order valence-corrected chi connectivity index (χ0v) is 18.0. The van der Waals surface area contributed by atoms with Crippen molar-refractivity contribution in [3.63, 3.8) is 0 Å². The smallest absolute Gasteiger partial charge is 0.266 e. The number of likely N-dealkylation sites (N-methyl/N-ethyl adjacent to an activating group) is 1. The molecule has 0 radical (unpaired) electrons. The summed E-state index contributed by atoms with van der Waals surface area (Å²) in [4.78, 5) is 19.7. The van der Waals surface area contributed by atoms with Gasteiger partial charge in [0.2, 0.25) is 0 Å². The van der Waals surface area contributed by atoms with Crippen LogP contribution in [0, 0.1) is 5.82 Å². The lowest BCUT2D eigenvalue weighted by Crippen LogP contribution is -2.28. The number of hydrogen-bond donors (Lipinski definition) is 0. The first-order valence-corrected chi connectivity index (χ1v) is 10.6. The molecule has 0 spiro atoms. The van der Waals surface area contributed by atoms with Crippen LogP contribution in [-0.2, 0) is 4.79 Å². The van der Waals surface area contributed by atoms with Crippen LogP contribution < -0.4 is 0 Å². The van der Waals surface area contributed by atoms with Crippen LogP contribution in [0.3, 0.4) is 0 Å². The van der Waals surface area contributed by atoms with Gasteiger partial charge in [-0.15, -0.1) is 0 Å². The summed E-state index contributed by atoms with van der Waals surface area (Å²) in [6, 6.07) is 17.8. The van der Waals surface area contributed by atoms with Crippen molar-refractivity contribution in [2.75, 3.05) is 6.54 Å². The fraction of sp³-hybridized carbons (Fsp3) is 0.0909. The summed E-state index contributed by atoms with van der Waals surface area (Å²) in [6.45, 7) is 2.42. The van der Waals surface area contributed by atoms with E-state index in [1.54, 1.807) is 17.0 Å². The summed E-state index contributed by atoms with van der Waals surface area (Å²) in [7, 11) is 0. The fourth-order valence-electron chi connectivity index (χ4n) is 2.98. The molecule has 2 aromatic carbocycles. The monoisotopic (exact) mass is 469 g/mol. The Bertz CT molecular complexity index is 1100. The second-order valence-corrected chi connectivity index (χ2v) is 8.24. The molecule has 4 rings (SSSR count). The van der Waals surface area contributed by atoms with Crippen molar-refractivity contribution in [2.24, 2.45) is 4.99 Å². The van der Waals surface area contributed by atoms with Crippen LogP contribution in [0.1, 0.15) is 12.6 Å². The summed E-state index contributed by atoms with van der Waals surface area (Å²) >= 11 is 4.78. The number of rotatable bonds is 4. The maximum Gasteiger partial charge on any atom is 0.266 e. The van der Waals surface area contributed by atoms with Gasteiger partial charge >= 0.3 is 0 Å².